The zero-order valence-electron chi connectivity index (χ0n) is 10.3. The van der Waals surface area contributed by atoms with Gasteiger partial charge in [0.2, 0.25) is 0 Å². The van der Waals surface area contributed by atoms with Crippen LogP contribution in [0.5, 0.6) is 0 Å². The number of hydrogen-bond acceptors (Lipinski definition) is 4. The predicted molar refractivity (Wildman–Crippen MR) is 70.4 cm³/mol. The lowest BCUT2D eigenvalue weighted by Crippen LogP contribution is -2.57. The largest absolute Gasteiger partial charge is 0.314 e. The molecule has 3 heterocycles. The Hall–Kier alpha value is -0.910. The highest BCUT2D eigenvalue weighted by Gasteiger charge is 2.29. The second-order valence-electron chi connectivity index (χ2n) is 5.24. The van der Waals surface area contributed by atoms with Crippen LogP contribution in [0.1, 0.15) is 19.5 Å². The highest BCUT2D eigenvalue weighted by molar-refractivity contribution is 7.15. The summed E-state index contributed by atoms with van der Waals surface area (Å²) >= 11 is 1.69. The molecule has 2 aromatic rings. The summed E-state index contributed by atoms with van der Waals surface area (Å²) in [5, 5.41) is 5.52. The van der Waals surface area contributed by atoms with E-state index in [2.05, 4.69) is 51.2 Å². The molecule has 0 aromatic carbocycles. The molecule has 5 heteroatoms. The van der Waals surface area contributed by atoms with Gasteiger partial charge in [0.15, 0.2) is 4.96 Å². The Morgan fingerprint density at radius 3 is 3.18 bits per heavy atom. The number of nitrogens with one attached hydrogen (secondary N) is 1. The van der Waals surface area contributed by atoms with Crippen LogP contribution in [-0.2, 0) is 6.54 Å². The van der Waals surface area contributed by atoms with Gasteiger partial charge in [-0.3, -0.25) is 9.30 Å². The minimum Gasteiger partial charge on any atom is -0.314 e. The fourth-order valence-electron chi connectivity index (χ4n) is 2.36. The maximum absolute atomic E-state index is 4.65. The average Bonchev–Trinajstić information content (AvgIpc) is 2.81. The van der Waals surface area contributed by atoms with Crippen molar-refractivity contribution in [2.24, 2.45) is 0 Å². The van der Waals surface area contributed by atoms with E-state index in [4.69, 9.17) is 0 Å². The molecular formula is C12H18N4S. The molecule has 1 aliphatic heterocycles. The number of hydrogen-bond donors (Lipinski definition) is 1. The molecule has 3 rings (SSSR count). The molecule has 0 saturated carbocycles. The van der Waals surface area contributed by atoms with E-state index >= 15 is 0 Å². The van der Waals surface area contributed by atoms with Crippen molar-refractivity contribution in [3.8, 4) is 0 Å². The Morgan fingerprint density at radius 1 is 1.53 bits per heavy atom. The molecule has 1 N–H and O–H groups in total. The third kappa shape index (κ3) is 2.10. The van der Waals surface area contributed by atoms with Crippen molar-refractivity contribution in [3.63, 3.8) is 0 Å². The molecule has 4 nitrogen and oxygen atoms in total. The van der Waals surface area contributed by atoms with Crippen LogP contribution in [0.15, 0.2) is 17.8 Å². The molecule has 0 spiro atoms. The van der Waals surface area contributed by atoms with Gasteiger partial charge in [0.05, 0.1) is 5.69 Å². The fourth-order valence-corrected chi connectivity index (χ4v) is 3.08. The lowest BCUT2D eigenvalue weighted by molar-refractivity contribution is 0.0816. The summed E-state index contributed by atoms with van der Waals surface area (Å²) in [6, 6.07) is 0. The molecule has 0 unspecified atom stereocenters. The highest BCUT2D eigenvalue weighted by Crippen LogP contribution is 2.20. The van der Waals surface area contributed by atoms with Crippen LogP contribution in [0.3, 0.4) is 0 Å². The number of rotatable bonds is 2. The number of thiazole rings is 1. The van der Waals surface area contributed by atoms with E-state index in [1.807, 2.05) is 0 Å². The molecular weight excluding hydrogens is 232 g/mol. The summed E-state index contributed by atoms with van der Waals surface area (Å²) in [6.07, 6.45) is 4.21. The Bertz CT molecular complexity index is 485. The zero-order chi connectivity index (χ0) is 11.9. The summed E-state index contributed by atoms with van der Waals surface area (Å²) in [5.74, 6) is 0. The van der Waals surface area contributed by atoms with Crippen molar-refractivity contribution in [3.05, 3.63) is 23.5 Å². The molecule has 0 radical (unpaired) electrons. The lowest BCUT2D eigenvalue weighted by Gasteiger charge is -2.42. The van der Waals surface area contributed by atoms with Crippen LogP contribution in [0.25, 0.3) is 4.96 Å². The number of piperazine rings is 1. The van der Waals surface area contributed by atoms with E-state index in [-0.39, 0.29) is 5.54 Å². The van der Waals surface area contributed by atoms with Crippen LogP contribution in [-0.4, -0.2) is 39.5 Å². The van der Waals surface area contributed by atoms with Crippen LogP contribution in [0.2, 0.25) is 0 Å². The van der Waals surface area contributed by atoms with E-state index in [0.29, 0.717) is 0 Å². The van der Waals surface area contributed by atoms with Crippen LogP contribution in [0.4, 0.5) is 0 Å². The van der Waals surface area contributed by atoms with Gasteiger partial charge in [-0.2, -0.15) is 0 Å². The smallest absolute Gasteiger partial charge is 0.193 e. The van der Waals surface area contributed by atoms with Crippen molar-refractivity contribution in [1.82, 2.24) is 19.6 Å². The van der Waals surface area contributed by atoms with Crippen molar-refractivity contribution >= 4 is 16.3 Å². The first-order valence-corrected chi connectivity index (χ1v) is 6.90. The van der Waals surface area contributed by atoms with Crippen molar-refractivity contribution in [2.45, 2.75) is 25.9 Å². The van der Waals surface area contributed by atoms with E-state index in [1.54, 1.807) is 11.3 Å². The Labute approximate surface area is 105 Å². The molecule has 2 aromatic heterocycles. The third-order valence-corrected chi connectivity index (χ3v) is 4.24. The maximum atomic E-state index is 4.65. The summed E-state index contributed by atoms with van der Waals surface area (Å²) < 4.78 is 2.11. The number of imidazole rings is 1. The second-order valence-corrected chi connectivity index (χ2v) is 6.11. The summed E-state index contributed by atoms with van der Waals surface area (Å²) in [4.78, 5) is 8.25. The minimum absolute atomic E-state index is 0.218. The van der Waals surface area contributed by atoms with Crippen molar-refractivity contribution in [1.29, 1.82) is 0 Å². The topological polar surface area (TPSA) is 32.6 Å². The molecule has 0 atom stereocenters. The van der Waals surface area contributed by atoms with E-state index in [1.165, 1.54) is 5.69 Å². The maximum Gasteiger partial charge on any atom is 0.193 e. The van der Waals surface area contributed by atoms with Crippen LogP contribution < -0.4 is 5.32 Å². The summed E-state index contributed by atoms with van der Waals surface area (Å²) in [6.45, 7) is 8.75. The summed E-state index contributed by atoms with van der Waals surface area (Å²) in [7, 11) is 0. The summed E-state index contributed by atoms with van der Waals surface area (Å²) in [5.41, 5.74) is 1.39. The van der Waals surface area contributed by atoms with Crippen LogP contribution in [0, 0.1) is 0 Å². The average molecular weight is 250 g/mol. The van der Waals surface area contributed by atoms with Gasteiger partial charge < -0.3 is 5.32 Å². The van der Waals surface area contributed by atoms with Gasteiger partial charge in [0, 0.05) is 49.5 Å². The van der Waals surface area contributed by atoms with Gasteiger partial charge in [-0.25, -0.2) is 4.98 Å². The number of fused-ring (bicyclic) bond motifs is 1. The van der Waals surface area contributed by atoms with Gasteiger partial charge in [-0.15, -0.1) is 11.3 Å². The van der Waals surface area contributed by atoms with Gasteiger partial charge in [-0.1, -0.05) is 0 Å². The van der Waals surface area contributed by atoms with Gasteiger partial charge in [0.1, 0.15) is 0 Å². The molecule has 0 bridgehead atoms. The van der Waals surface area contributed by atoms with Crippen LogP contribution >= 0.6 is 11.3 Å². The first-order chi connectivity index (χ1) is 8.15. The molecule has 17 heavy (non-hydrogen) atoms. The molecule has 1 fully saturated rings. The fraction of sp³-hybridized carbons (Fsp3) is 0.583. The Morgan fingerprint density at radius 2 is 2.41 bits per heavy atom. The first-order valence-electron chi connectivity index (χ1n) is 6.02. The predicted octanol–water partition coefficient (Wildman–Crippen LogP) is 1.58. The first kappa shape index (κ1) is 11.2. The third-order valence-electron chi connectivity index (χ3n) is 3.47. The van der Waals surface area contributed by atoms with E-state index in [9.17, 15) is 0 Å². The van der Waals surface area contributed by atoms with Crippen molar-refractivity contribution < 1.29 is 0 Å². The molecule has 0 amide bonds. The monoisotopic (exact) mass is 250 g/mol. The van der Waals surface area contributed by atoms with E-state index < -0.39 is 0 Å². The van der Waals surface area contributed by atoms with Gasteiger partial charge in [-0.05, 0) is 13.8 Å². The Balaban J connectivity index is 1.79. The molecule has 1 aliphatic rings. The van der Waals surface area contributed by atoms with Gasteiger partial charge >= 0.3 is 0 Å². The number of nitrogens with zero attached hydrogens (tertiary/aromatic N) is 3. The highest BCUT2D eigenvalue weighted by atomic mass is 32.1. The minimum atomic E-state index is 0.218. The zero-order valence-corrected chi connectivity index (χ0v) is 11.1. The molecule has 0 aliphatic carbocycles. The second kappa shape index (κ2) is 4.08. The van der Waals surface area contributed by atoms with Crippen molar-refractivity contribution in [2.75, 3.05) is 19.6 Å². The normalized spacial score (nSPS) is 21.1. The van der Waals surface area contributed by atoms with E-state index in [0.717, 1.165) is 31.1 Å². The number of aromatic nitrogens is 2. The molecule has 1 saturated heterocycles. The molecule has 92 valence electrons. The SMILES string of the molecule is CC1(C)CNCCN1Cc1cn2ccsc2n1. The quantitative estimate of drug-likeness (QED) is 0.878. The lowest BCUT2D eigenvalue weighted by atomic mass is 10.00. The standard InChI is InChI=1S/C12H18N4S/c1-12(2)9-13-3-4-16(12)8-10-7-15-5-6-17-11(15)14-10/h5-7,13H,3-4,8-9H2,1-2H3. The van der Waals surface area contributed by atoms with Gasteiger partial charge in [0.25, 0.3) is 0 Å². The Kier molecular flexibility index (Phi) is 2.69.